The molecule has 1 amide bonds. The average molecular weight is 498 g/mol. The molecule has 176 valence electrons. The first kappa shape index (κ1) is 23.8. The molecule has 4 atom stereocenters. The molecule has 5 nitrogen and oxygen atoms in total. The van der Waals surface area contributed by atoms with E-state index in [0.717, 1.165) is 31.4 Å². The fraction of sp³-hybridized carbons (Fsp3) is 0.417. The highest BCUT2D eigenvalue weighted by Gasteiger charge is 2.46. The van der Waals surface area contributed by atoms with Gasteiger partial charge in [-0.1, -0.05) is 23.2 Å². The maximum absolute atomic E-state index is 13.5. The zero-order valence-electron chi connectivity index (χ0n) is 17.7. The Labute approximate surface area is 200 Å². The number of nitrogens with one attached hydrogen (secondary N) is 1. The maximum atomic E-state index is 13.5. The molecule has 0 saturated heterocycles. The smallest absolute Gasteiger partial charge is 0.258 e. The van der Waals surface area contributed by atoms with Gasteiger partial charge in [0.25, 0.3) is 5.91 Å². The molecule has 2 fully saturated rings. The number of hydrogen-bond donors (Lipinski definition) is 1. The molecule has 0 spiro atoms. The van der Waals surface area contributed by atoms with Gasteiger partial charge in [0.1, 0.15) is 29.7 Å². The van der Waals surface area contributed by atoms with E-state index >= 15 is 0 Å². The van der Waals surface area contributed by atoms with Gasteiger partial charge in [0, 0.05) is 24.6 Å². The second-order valence-electron chi connectivity index (χ2n) is 8.63. The van der Waals surface area contributed by atoms with E-state index in [1.165, 1.54) is 24.3 Å². The van der Waals surface area contributed by atoms with Gasteiger partial charge in [-0.3, -0.25) is 9.59 Å². The third kappa shape index (κ3) is 5.95. The Bertz CT molecular complexity index is 970. The van der Waals surface area contributed by atoms with Crippen molar-refractivity contribution in [2.75, 3.05) is 13.2 Å². The van der Waals surface area contributed by atoms with Gasteiger partial charge in [-0.2, -0.15) is 0 Å². The van der Waals surface area contributed by atoms with Gasteiger partial charge in [0.05, 0.1) is 10.0 Å². The van der Waals surface area contributed by atoms with Crippen LogP contribution in [-0.4, -0.2) is 30.9 Å². The van der Waals surface area contributed by atoms with E-state index in [1.54, 1.807) is 0 Å². The number of halogens is 4. The molecule has 2 aliphatic rings. The normalized spacial score (nSPS) is 23.4. The lowest BCUT2D eigenvalue weighted by Gasteiger charge is -2.28. The summed E-state index contributed by atoms with van der Waals surface area (Å²) in [4.78, 5) is 24.6. The van der Waals surface area contributed by atoms with Crippen molar-refractivity contribution in [3.05, 3.63) is 58.1 Å². The van der Waals surface area contributed by atoms with Crippen molar-refractivity contribution in [3.8, 4) is 11.5 Å². The predicted molar refractivity (Wildman–Crippen MR) is 120 cm³/mol. The zero-order chi connectivity index (χ0) is 23.5. The van der Waals surface area contributed by atoms with Gasteiger partial charge in [-0.15, -0.1) is 0 Å². The quantitative estimate of drug-likeness (QED) is 0.515. The van der Waals surface area contributed by atoms with E-state index in [2.05, 4.69) is 5.32 Å². The van der Waals surface area contributed by atoms with Gasteiger partial charge in [-0.25, -0.2) is 8.78 Å². The molecule has 9 heteroatoms. The summed E-state index contributed by atoms with van der Waals surface area (Å²) >= 11 is 11.3. The molecule has 33 heavy (non-hydrogen) atoms. The highest BCUT2D eigenvalue weighted by atomic mass is 35.5. The summed E-state index contributed by atoms with van der Waals surface area (Å²) in [5, 5.41) is 2.99. The van der Waals surface area contributed by atoms with Crippen molar-refractivity contribution in [2.45, 2.75) is 31.7 Å². The maximum Gasteiger partial charge on any atom is 0.258 e. The summed E-state index contributed by atoms with van der Waals surface area (Å²) in [5.74, 6) is -0.0468. The van der Waals surface area contributed by atoms with Crippen molar-refractivity contribution in [3.63, 3.8) is 0 Å². The van der Waals surface area contributed by atoms with E-state index in [4.69, 9.17) is 32.7 Å². The first-order valence-corrected chi connectivity index (χ1v) is 11.5. The second-order valence-corrected chi connectivity index (χ2v) is 9.45. The average Bonchev–Trinajstić information content (AvgIpc) is 3.35. The monoisotopic (exact) mass is 497 g/mol. The lowest BCUT2D eigenvalue weighted by atomic mass is 9.83. The third-order valence-corrected chi connectivity index (χ3v) is 7.00. The van der Waals surface area contributed by atoms with Crippen molar-refractivity contribution in [1.82, 2.24) is 5.32 Å². The van der Waals surface area contributed by atoms with Crippen LogP contribution in [0, 0.1) is 29.4 Å². The Morgan fingerprint density at radius 2 is 1.48 bits per heavy atom. The number of benzene rings is 2. The lowest BCUT2D eigenvalue weighted by Crippen LogP contribution is -2.42. The first-order valence-electron chi connectivity index (χ1n) is 10.7. The third-order valence-electron chi connectivity index (χ3n) is 6.39. The summed E-state index contributed by atoms with van der Waals surface area (Å²) in [5.41, 5.74) is 0. The molecule has 4 rings (SSSR count). The summed E-state index contributed by atoms with van der Waals surface area (Å²) in [6, 6.07) is 8.14. The van der Waals surface area contributed by atoms with Crippen molar-refractivity contribution in [1.29, 1.82) is 0 Å². The van der Waals surface area contributed by atoms with Crippen LogP contribution in [0.5, 0.6) is 11.5 Å². The summed E-state index contributed by atoms with van der Waals surface area (Å²) in [6.07, 6.45) is 3.05. The molecule has 0 unspecified atom stereocenters. The van der Waals surface area contributed by atoms with Crippen molar-refractivity contribution in [2.24, 2.45) is 17.8 Å². The number of rotatable bonds is 9. The second kappa shape index (κ2) is 10.3. The van der Waals surface area contributed by atoms with E-state index in [0.29, 0.717) is 18.3 Å². The Morgan fingerprint density at radius 1 is 0.879 bits per heavy atom. The largest absolute Gasteiger partial charge is 0.486 e. The molecule has 2 aromatic carbocycles. The van der Waals surface area contributed by atoms with Crippen LogP contribution in [0.25, 0.3) is 0 Å². The zero-order valence-corrected chi connectivity index (χ0v) is 19.2. The van der Waals surface area contributed by atoms with Crippen LogP contribution in [0.4, 0.5) is 8.78 Å². The minimum atomic E-state index is -0.603. The van der Waals surface area contributed by atoms with Gasteiger partial charge in [0.15, 0.2) is 12.4 Å². The van der Waals surface area contributed by atoms with E-state index in [1.807, 2.05) is 0 Å². The number of hydrogen-bond acceptors (Lipinski definition) is 4. The number of amides is 1. The van der Waals surface area contributed by atoms with Crippen LogP contribution in [0.3, 0.4) is 0 Å². The molecule has 1 N–H and O–H groups in total. The van der Waals surface area contributed by atoms with Gasteiger partial charge >= 0.3 is 0 Å². The molecular weight excluding hydrogens is 475 g/mol. The molecule has 0 aromatic heterocycles. The number of fused-ring (bicyclic) bond motifs is 2. The topological polar surface area (TPSA) is 64.6 Å². The van der Waals surface area contributed by atoms with Crippen LogP contribution in [0.2, 0.25) is 10.0 Å². The standard InChI is InChI=1S/C24H23Cl2F2NO4/c25-19-3-1-17(9-21(19)27)32-11-16(30)7-13-5-15-6-14(13)8-23(15)29-24(31)12-33-18-2-4-20(26)22(28)10-18/h1-4,9-10,13-15,23H,5-8,11-12H2,(H,29,31)/t13-,14-,15+,23+/m0/s1. The Balaban J connectivity index is 1.18. The van der Waals surface area contributed by atoms with Crippen molar-refractivity contribution < 1.29 is 27.8 Å². The first-order chi connectivity index (χ1) is 15.8. The van der Waals surface area contributed by atoms with Crippen molar-refractivity contribution >= 4 is 34.9 Å². The number of carbonyl (C=O) groups is 2. The van der Waals surface area contributed by atoms with E-state index in [9.17, 15) is 18.4 Å². The molecule has 0 heterocycles. The van der Waals surface area contributed by atoms with E-state index in [-0.39, 0.29) is 58.4 Å². The van der Waals surface area contributed by atoms with Crippen LogP contribution < -0.4 is 14.8 Å². The van der Waals surface area contributed by atoms with Gasteiger partial charge in [0.2, 0.25) is 0 Å². The predicted octanol–water partition coefficient (Wildman–Crippen LogP) is 5.22. The fourth-order valence-electron chi connectivity index (χ4n) is 4.87. The summed E-state index contributed by atoms with van der Waals surface area (Å²) < 4.78 is 37.7. The Hall–Kier alpha value is -2.38. The number of carbonyl (C=O) groups excluding carboxylic acids is 2. The minimum Gasteiger partial charge on any atom is -0.486 e. The minimum absolute atomic E-state index is 0.00254. The molecule has 2 bridgehead atoms. The SMILES string of the molecule is O=C(COc1ccc(Cl)c(F)c1)C[C@@H]1C[C@@H]2C[C@H]1C[C@H]2NC(=O)COc1ccc(Cl)c(F)c1. The Morgan fingerprint density at radius 3 is 2.03 bits per heavy atom. The van der Waals surface area contributed by atoms with Crippen LogP contribution in [0.1, 0.15) is 25.7 Å². The molecule has 2 aliphatic carbocycles. The Kier molecular flexibility index (Phi) is 7.39. The number of ketones is 1. The lowest BCUT2D eigenvalue weighted by molar-refractivity contribution is -0.125. The highest BCUT2D eigenvalue weighted by molar-refractivity contribution is 6.31. The van der Waals surface area contributed by atoms with Crippen LogP contribution in [0.15, 0.2) is 36.4 Å². The molecule has 0 aliphatic heterocycles. The summed E-state index contributed by atoms with van der Waals surface area (Å²) in [7, 11) is 0. The summed E-state index contributed by atoms with van der Waals surface area (Å²) in [6.45, 7) is -0.322. The fourth-order valence-corrected chi connectivity index (χ4v) is 5.10. The number of ether oxygens (including phenoxy) is 2. The molecular formula is C24H23Cl2F2NO4. The molecule has 0 radical (unpaired) electrons. The van der Waals surface area contributed by atoms with Gasteiger partial charge in [-0.05, 0) is 61.3 Å². The van der Waals surface area contributed by atoms with E-state index < -0.39 is 11.6 Å². The van der Waals surface area contributed by atoms with Crippen LogP contribution >= 0.6 is 23.2 Å². The molecule has 2 aromatic rings. The number of Topliss-reactive ketones (excluding diaryl/α,β-unsaturated/α-hetero) is 1. The highest BCUT2D eigenvalue weighted by Crippen LogP contribution is 2.49. The van der Waals surface area contributed by atoms with Crippen LogP contribution in [-0.2, 0) is 9.59 Å². The molecule has 2 saturated carbocycles. The van der Waals surface area contributed by atoms with Gasteiger partial charge < -0.3 is 14.8 Å².